The van der Waals surface area contributed by atoms with Crippen LogP contribution < -0.4 is 0 Å². The van der Waals surface area contributed by atoms with E-state index in [1.165, 1.54) is 0 Å². The van der Waals surface area contributed by atoms with E-state index in [0.29, 0.717) is 23.8 Å². The van der Waals surface area contributed by atoms with Gasteiger partial charge in [-0.15, -0.1) is 0 Å². The van der Waals surface area contributed by atoms with Gasteiger partial charge in [0.1, 0.15) is 0 Å². The summed E-state index contributed by atoms with van der Waals surface area (Å²) in [6.45, 7) is 3.41. The number of hydrogen-bond acceptors (Lipinski definition) is 5. The molecule has 1 amide bonds. The third kappa shape index (κ3) is 3.13. The van der Waals surface area contributed by atoms with Crippen molar-refractivity contribution in [2.45, 2.75) is 25.5 Å². The molecule has 2 atom stereocenters. The van der Waals surface area contributed by atoms with Gasteiger partial charge in [-0.3, -0.25) is 9.69 Å². The van der Waals surface area contributed by atoms with E-state index in [1.807, 2.05) is 7.05 Å². The summed E-state index contributed by atoms with van der Waals surface area (Å²) in [5.74, 6) is -0.00772. The van der Waals surface area contributed by atoms with Crippen molar-refractivity contribution in [3.8, 4) is 0 Å². The topological polar surface area (TPSA) is 58.6 Å². The molecule has 110 valence electrons. The Morgan fingerprint density at radius 1 is 1.60 bits per heavy atom. The van der Waals surface area contributed by atoms with E-state index in [4.69, 9.17) is 4.74 Å². The van der Waals surface area contributed by atoms with Crippen LogP contribution in [0.2, 0.25) is 0 Å². The van der Waals surface area contributed by atoms with Crippen LogP contribution in [0.3, 0.4) is 0 Å². The Morgan fingerprint density at radius 2 is 2.35 bits per heavy atom. The summed E-state index contributed by atoms with van der Waals surface area (Å²) in [6.07, 6.45) is 2.77. The van der Waals surface area contributed by atoms with Crippen molar-refractivity contribution in [1.29, 1.82) is 0 Å². The lowest BCUT2D eigenvalue weighted by molar-refractivity contribution is 0.0758. The third-order valence-corrected chi connectivity index (χ3v) is 3.95. The van der Waals surface area contributed by atoms with E-state index in [0.717, 1.165) is 13.0 Å². The number of nitrogens with zero attached hydrogens (tertiary/aromatic N) is 4. The molecule has 0 N–H and O–H groups in total. The summed E-state index contributed by atoms with van der Waals surface area (Å²) in [5, 5.41) is 7.70. The van der Waals surface area contributed by atoms with E-state index in [-0.39, 0.29) is 12.0 Å². The average Bonchev–Trinajstić information content (AvgIpc) is 2.79. The average molecular weight is 278 g/mol. The first-order valence-electron chi connectivity index (χ1n) is 6.79. The highest BCUT2D eigenvalue weighted by Crippen LogP contribution is 2.19. The van der Waals surface area contributed by atoms with Crippen LogP contribution in [0.5, 0.6) is 0 Å². The predicted molar refractivity (Wildman–Crippen MR) is 75.6 cm³/mol. The van der Waals surface area contributed by atoms with Crippen molar-refractivity contribution < 1.29 is 9.53 Å². The minimum Gasteiger partial charge on any atom is -0.380 e. The zero-order valence-electron chi connectivity index (χ0n) is 12.5. The third-order valence-electron chi connectivity index (χ3n) is 3.95. The van der Waals surface area contributed by atoms with Crippen LogP contribution in [-0.4, -0.2) is 72.3 Å². The summed E-state index contributed by atoms with van der Waals surface area (Å²) in [4.78, 5) is 16.4. The van der Waals surface area contributed by atoms with Crippen molar-refractivity contribution in [2.75, 3.05) is 34.3 Å². The summed E-state index contributed by atoms with van der Waals surface area (Å²) >= 11 is 0. The maximum atomic E-state index is 12.4. The zero-order chi connectivity index (χ0) is 14.7. The van der Waals surface area contributed by atoms with Gasteiger partial charge < -0.3 is 9.64 Å². The van der Waals surface area contributed by atoms with E-state index in [9.17, 15) is 4.79 Å². The number of methoxy groups -OCH3 is 1. The molecule has 1 aliphatic heterocycles. The van der Waals surface area contributed by atoms with Gasteiger partial charge in [0.2, 0.25) is 0 Å². The second-order valence-corrected chi connectivity index (χ2v) is 5.40. The van der Waals surface area contributed by atoms with Crippen molar-refractivity contribution >= 4 is 5.91 Å². The summed E-state index contributed by atoms with van der Waals surface area (Å²) in [6, 6.07) is 2.06. The molecule has 1 fully saturated rings. The molecule has 6 nitrogen and oxygen atoms in total. The Labute approximate surface area is 119 Å². The Balaban J connectivity index is 2.00. The van der Waals surface area contributed by atoms with Crippen LogP contribution in [0, 0.1) is 6.92 Å². The number of rotatable bonds is 4. The van der Waals surface area contributed by atoms with Gasteiger partial charge in [0.25, 0.3) is 5.91 Å². The second-order valence-electron chi connectivity index (χ2n) is 5.40. The van der Waals surface area contributed by atoms with Crippen molar-refractivity contribution in [2.24, 2.45) is 0 Å². The molecule has 0 saturated carbocycles. The standard InChI is InChI=1S/C14H22N4O2/c1-10-13(5-6-15-16-10)14(19)18(3)8-11-7-12(20-4)9-17(11)2/h5-6,11-12H,7-9H2,1-4H3/t11-,12-/m0/s1. The number of hydrogen-bond donors (Lipinski definition) is 0. The van der Waals surface area contributed by atoms with Crippen molar-refractivity contribution in [3.63, 3.8) is 0 Å². The fraction of sp³-hybridized carbons (Fsp3) is 0.643. The van der Waals surface area contributed by atoms with Gasteiger partial charge in [0, 0.05) is 33.3 Å². The summed E-state index contributed by atoms with van der Waals surface area (Å²) in [5.41, 5.74) is 1.28. The number of amides is 1. The first kappa shape index (κ1) is 14.9. The Morgan fingerprint density at radius 3 is 2.95 bits per heavy atom. The van der Waals surface area contributed by atoms with Crippen LogP contribution in [0.25, 0.3) is 0 Å². The highest BCUT2D eigenvalue weighted by molar-refractivity contribution is 5.94. The lowest BCUT2D eigenvalue weighted by atomic mass is 10.1. The monoisotopic (exact) mass is 278 g/mol. The minimum absolute atomic E-state index is 0.00772. The van der Waals surface area contributed by atoms with Crippen molar-refractivity contribution in [1.82, 2.24) is 20.0 Å². The molecule has 1 aromatic heterocycles. The molecule has 1 saturated heterocycles. The van der Waals surface area contributed by atoms with Crippen molar-refractivity contribution in [3.05, 3.63) is 23.5 Å². The molecular formula is C14H22N4O2. The molecule has 2 heterocycles. The van der Waals surface area contributed by atoms with Gasteiger partial charge in [0.15, 0.2) is 0 Å². The normalized spacial score (nSPS) is 23.0. The first-order chi connectivity index (χ1) is 9.52. The maximum Gasteiger partial charge on any atom is 0.255 e. The van der Waals surface area contributed by atoms with Gasteiger partial charge in [-0.2, -0.15) is 10.2 Å². The van der Waals surface area contributed by atoms with Gasteiger partial charge >= 0.3 is 0 Å². The molecule has 1 aliphatic rings. The number of carbonyl (C=O) groups excluding carboxylic acids is 1. The van der Waals surface area contributed by atoms with Gasteiger partial charge in [-0.1, -0.05) is 0 Å². The Hall–Kier alpha value is -1.53. The molecule has 0 radical (unpaired) electrons. The molecule has 6 heteroatoms. The Bertz CT molecular complexity index is 480. The van der Waals surface area contributed by atoms with Gasteiger partial charge in [-0.25, -0.2) is 0 Å². The van der Waals surface area contributed by atoms with E-state index in [1.54, 1.807) is 31.2 Å². The molecule has 0 bridgehead atoms. The Kier molecular flexibility index (Phi) is 4.67. The van der Waals surface area contributed by atoms with E-state index in [2.05, 4.69) is 22.1 Å². The van der Waals surface area contributed by atoms with Crippen LogP contribution in [0.15, 0.2) is 12.3 Å². The van der Waals surface area contributed by atoms with Crippen LogP contribution in [0.4, 0.5) is 0 Å². The number of aromatic nitrogens is 2. The van der Waals surface area contributed by atoms with Crippen LogP contribution >= 0.6 is 0 Å². The lowest BCUT2D eigenvalue weighted by Crippen LogP contribution is -2.39. The smallest absolute Gasteiger partial charge is 0.255 e. The molecule has 20 heavy (non-hydrogen) atoms. The fourth-order valence-corrected chi connectivity index (χ4v) is 2.65. The molecular weight excluding hydrogens is 256 g/mol. The maximum absolute atomic E-state index is 12.4. The SMILES string of the molecule is CO[C@H]1C[C@@H](CN(C)C(=O)c2ccnnc2C)N(C)C1. The quantitative estimate of drug-likeness (QED) is 0.806. The van der Waals surface area contributed by atoms with E-state index < -0.39 is 0 Å². The molecule has 0 unspecified atom stereocenters. The summed E-state index contributed by atoms with van der Waals surface area (Å²) < 4.78 is 5.39. The number of carbonyl (C=O) groups is 1. The molecule has 0 spiro atoms. The highest BCUT2D eigenvalue weighted by Gasteiger charge is 2.31. The number of ether oxygens (including phenoxy) is 1. The van der Waals surface area contributed by atoms with Gasteiger partial charge in [0.05, 0.1) is 23.6 Å². The molecule has 1 aromatic rings. The second kappa shape index (κ2) is 6.28. The number of likely N-dealkylation sites (N-methyl/N-ethyl adjacent to an activating group) is 2. The van der Waals surface area contributed by atoms with Crippen LogP contribution in [0.1, 0.15) is 22.5 Å². The molecule has 0 aliphatic carbocycles. The predicted octanol–water partition coefficient (Wildman–Crippen LogP) is 0.576. The fourth-order valence-electron chi connectivity index (χ4n) is 2.65. The van der Waals surface area contributed by atoms with Gasteiger partial charge in [-0.05, 0) is 26.5 Å². The largest absolute Gasteiger partial charge is 0.380 e. The van der Waals surface area contributed by atoms with E-state index >= 15 is 0 Å². The lowest BCUT2D eigenvalue weighted by Gasteiger charge is -2.25. The zero-order valence-corrected chi connectivity index (χ0v) is 12.5. The molecule has 2 rings (SSSR count). The molecule has 0 aromatic carbocycles. The minimum atomic E-state index is -0.00772. The van der Waals surface area contributed by atoms with Crippen LogP contribution in [-0.2, 0) is 4.74 Å². The number of aryl methyl sites for hydroxylation is 1. The highest BCUT2D eigenvalue weighted by atomic mass is 16.5. The number of likely N-dealkylation sites (tertiary alicyclic amines) is 1. The summed E-state index contributed by atoms with van der Waals surface area (Å²) in [7, 11) is 5.64. The first-order valence-corrected chi connectivity index (χ1v) is 6.79.